The summed E-state index contributed by atoms with van der Waals surface area (Å²) in [5.74, 6) is -0.0851. The third-order valence-electron chi connectivity index (χ3n) is 5.98. The van der Waals surface area contributed by atoms with Gasteiger partial charge in [-0.1, -0.05) is 6.07 Å². The molecule has 4 heterocycles. The van der Waals surface area contributed by atoms with E-state index in [0.29, 0.717) is 29.0 Å². The van der Waals surface area contributed by atoms with E-state index in [-0.39, 0.29) is 11.4 Å². The van der Waals surface area contributed by atoms with Crippen LogP contribution in [-0.2, 0) is 19.6 Å². The predicted octanol–water partition coefficient (Wildman–Crippen LogP) is 4.87. The first kappa shape index (κ1) is 21.1. The van der Waals surface area contributed by atoms with Crippen LogP contribution >= 0.6 is 0 Å². The minimum Gasteiger partial charge on any atom is -0.306 e. The van der Waals surface area contributed by atoms with Crippen LogP contribution in [0.1, 0.15) is 32.9 Å². The number of aryl methyl sites for hydroxylation is 3. The first-order valence-electron chi connectivity index (χ1n) is 10.4. The largest absolute Gasteiger partial charge is 0.433 e. The lowest BCUT2D eigenvalue weighted by Gasteiger charge is -2.28. The number of anilines is 1. The van der Waals surface area contributed by atoms with E-state index in [4.69, 9.17) is 0 Å². The van der Waals surface area contributed by atoms with Gasteiger partial charge < -0.3 is 4.90 Å². The van der Waals surface area contributed by atoms with Crippen LogP contribution in [0.4, 0.5) is 18.9 Å². The number of fused-ring (bicyclic) bond motifs is 2. The lowest BCUT2D eigenvalue weighted by Crippen LogP contribution is -2.39. The number of alkyl halides is 3. The molecule has 0 saturated carbocycles. The Balaban J connectivity index is 1.50. The Morgan fingerprint density at radius 2 is 1.79 bits per heavy atom. The van der Waals surface area contributed by atoms with Crippen molar-refractivity contribution in [3.8, 4) is 11.3 Å². The second kappa shape index (κ2) is 7.40. The van der Waals surface area contributed by atoms with Crippen molar-refractivity contribution in [1.29, 1.82) is 0 Å². The van der Waals surface area contributed by atoms with Gasteiger partial charge in [-0.25, -0.2) is 9.97 Å². The zero-order chi connectivity index (χ0) is 23.5. The number of rotatable bonds is 2. The van der Waals surface area contributed by atoms with Crippen molar-refractivity contribution >= 4 is 22.6 Å². The predicted molar refractivity (Wildman–Crippen MR) is 118 cm³/mol. The molecule has 1 aliphatic rings. The molecule has 0 unspecified atom stereocenters. The standard InChI is InChI=1S/C24H20F3N5O/c1-13-10-15(4-7-19(13)32-9-8-16-12-28-31(3)22(16)23(32)33)17-5-6-18-21(30-17)14(2)11-20(29-18)24(25,26)27/h4-7,10-12H,8-9H2,1-3H3. The molecule has 9 heteroatoms. The van der Waals surface area contributed by atoms with Crippen molar-refractivity contribution in [3.05, 3.63) is 70.7 Å². The second-order valence-corrected chi connectivity index (χ2v) is 8.24. The number of halogens is 3. The molecular formula is C24H20F3N5O. The molecule has 1 aromatic carbocycles. The van der Waals surface area contributed by atoms with Crippen molar-refractivity contribution in [3.63, 3.8) is 0 Å². The number of carbonyl (C=O) groups excluding carboxylic acids is 1. The van der Waals surface area contributed by atoms with E-state index in [0.717, 1.165) is 34.9 Å². The minimum atomic E-state index is -4.51. The maximum atomic E-state index is 13.1. The molecule has 0 N–H and O–H groups in total. The molecule has 4 aromatic rings. The topological polar surface area (TPSA) is 63.9 Å². The summed E-state index contributed by atoms with van der Waals surface area (Å²) < 4.78 is 40.8. The number of nitrogens with zero attached hydrogens (tertiary/aromatic N) is 5. The maximum Gasteiger partial charge on any atom is 0.433 e. The van der Waals surface area contributed by atoms with Crippen LogP contribution < -0.4 is 4.90 Å². The Hall–Kier alpha value is -3.75. The molecule has 1 amide bonds. The van der Waals surface area contributed by atoms with Gasteiger partial charge in [0.25, 0.3) is 5.91 Å². The highest BCUT2D eigenvalue weighted by Gasteiger charge is 2.33. The van der Waals surface area contributed by atoms with Crippen LogP contribution in [0, 0.1) is 13.8 Å². The van der Waals surface area contributed by atoms with Crippen molar-refractivity contribution in [1.82, 2.24) is 19.7 Å². The van der Waals surface area contributed by atoms with E-state index in [1.54, 1.807) is 41.9 Å². The van der Waals surface area contributed by atoms with Gasteiger partial charge in [0.05, 0.1) is 22.9 Å². The van der Waals surface area contributed by atoms with Crippen molar-refractivity contribution in [2.75, 3.05) is 11.4 Å². The van der Waals surface area contributed by atoms with Gasteiger partial charge in [-0.15, -0.1) is 0 Å². The van der Waals surface area contributed by atoms with Gasteiger partial charge in [0, 0.05) is 30.4 Å². The molecule has 0 spiro atoms. The Morgan fingerprint density at radius 1 is 1.00 bits per heavy atom. The Morgan fingerprint density at radius 3 is 2.52 bits per heavy atom. The minimum absolute atomic E-state index is 0.0851. The fourth-order valence-corrected chi connectivity index (χ4v) is 4.32. The van der Waals surface area contributed by atoms with Crippen LogP contribution in [0.15, 0.2) is 42.6 Å². The van der Waals surface area contributed by atoms with Crippen LogP contribution in [-0.4, -0.2) is 32.2 Å². The first-order chi connectivity index (χ1) is 15.6. The Kier molecular flexibility index (Phi) is 4.73. The van der Waals surface area contributed by atoms with Crippen LogP contribution in [0.5, 0.6) is 0 Å². The number of amides is 1. The van der Waals surface area contributed by atoms with E-state index in [1.165, 1.54) is 0 Å². The SMILES string of the molecule is Cc1cc(-c2ccc3nc(C(F)(F)F)cc(C)c3n2)ccc1N1CCc2cnn(C)c2C1=O. The molecule has 0 atom stereocenters. The Labute approximate surface area is 187 Å². The summed E-state index contributed by atoms with van der Waals surface area (Å²) in [5.41, 5.74) is 4.80. The van der Waals surface area contributed by atoms with Crippen LogP contribution in [0.25, 0.3) is 22.3 Å². The number of carbonyl (C=O) groups is 1. The normalized spacial score (nSPS) is 14.1. The quantitative estimate of drug-likeness (QED) is 0.436. The molecule has 6 nitrogen and oxygen atoms in total. The lowest BCUT2D eigenvalue weighted by molar-refractivity contribution is -0.141. The van der Waals surface area contributed by atoms with Crippen molar-refractivity contribution < 1.29 is 18.0 Å². The lowest BCUT2D eigenvalue weighted by atomic mass is 10.0. The van der Waals surface area contributed by atoms with E-state index in [2.05, 4.69) is 15.1 Å². The third kappa shape index (κ3) is 3.53. The summed E-state index contributed by atoms with van der Waals surface area (Å²) in [6.45, 7) is 4.09. The van der Waals surface area contributed by atoms with Gasteiger partial charge in [0.15, 0.2) is 0 Å². The number of aromatic nitrogens is 4. The van der Waals surface area contributed by atoms with E-state index >= 15 is 0 Å². The van der Waals surface area contributed by atoms with Crippen molar-refractivity contribution in [2.45, 2.75) is 26.4 Å². The highest BCUT2D eigenvalue weighted by Crippen LogP contribution is 2.33. The van der Waals surface area contributed by atoms with E-state index in [1.807, 2.05) is 25.1 Å². The zero-order valence-corrected chi connectivity index (χ0v) is 18.2. The summed E-state index contributed by atoms with van der Waals surface area (Å²) >= 11 is 0. The number of hydrogen-bond donors (Lipinski definition) is 0. The summed E-state index contributed by atoms with van der Waals surface area (Å²) in [6.07, 6.45) is -2.04. The monoisotopic (exact) mass is 451 g/mol. The summed E-state index contributed by atoms with van der Waals surface area (Å²) in [7, 11) is 1.76. The molecule has 0 saturated heterocycles. The second-order valence-electron chi connectivity index (χ2n) is 8.24. The molecule has 3 aromatic heterocycles. The molecule has 1 aliphatic heterocycles. The van der Waals surface area contributed by atoms with Gasteiger partial charge in [-0.3, -0.25) is 9.48 Å². The summed E-state index contributed by atoms with van der Waals surface area (Å²) in [5, 5.41) is 4.20. The van der Waals surface area contributed by atoms with E-state index < -0.39 is 11.9 Å². The molecule has 33 heavy (non-hydrogen) atoms. The van der Waals surface area contributed by atoms with Gasteiger partial charge in [-0.2, -0.15) is 18.3 Å². The number of pyridine rings is 2. The van der Waals surface area contributed by atoms with E-state index in [9.17, 15) is 18.0 Å². The molecule has 0 aliphatic carbocycles. The molecular weight excluding hydrogens is 431 g/mol. The first-order valence-corrected chi connectivity index (χ1v) is 10.4. The third-order valence-corrected chi connectivity index (χ3v) is 5.98. The van der Waals surface area contributed by atoms with Crippen LogP contribution in [0.3, 0.4) is 0 Å². The molecule has 0 fully saturated rings. The molecule has 0 radical (unpaired) electrons. The fourth-order valence-electron chi connectivity index (χ4n) is 4.32. The summed E-state index contributed by atoms with van der Waals surface area (Å²) in [4.78, 5) is 23.1. The highest BCUT2D eigenvalue weighted by atomic mass is 19.4. The van der Waals surface area contributed by atoms with Crippen molar-refractivity contribution in [2.24, 2.45) is 7.05 Å². The summed E-state index contributed by atoms with van der Waals surface area (Å²) in [6, 6.07) is 9.92. The van der Waals surface area contributed by atoms with Crippen LogP contribution in [0.2, 0.25) is 0 Å². The number of hydrogen-bond acceptors (Lipinski definition) is 4. The average molecular weight is 451 g/mol. The van der Waals surface area contributed by atoms with Gasteiger partial charge in [0.1, 0.15) is 11.4 Å². The Bertz CT molecular complexity index is 1420. The van der Waals surface area contributed by atoms with Gasteiger partial charge >= 0.3 is 6.18 Å². The average Bonchev–Trinajstić information content (AvgIpc) is 3.15. The van der Waals surface area contributed by atoms with Gasteiger partial charge in [-0.05, 0) is 61.7 Å². The van der Waals surface area contributed by atoms with Gasteiger partial charge in [0.2, 0.25) is 0 Å². The fraction of sp³-hybridized carbons (Fsp3) is 0.250. The number of benzene rings is 1. The smallest absolute Gasteiger partial charge is 0.306 e. The maximum absolute atomic E-state index is 13.1. The molecule has 0 bridgehead atoms. The molecule has 168 valence electrons. The molecule has 5 rings (SSSR count). The highest BCUT2D eigenvalue weighted by molar-refractivity contribution is 6.07. The zero-order valence-electron chi connectivity index (χ0n) is 18.2.